The lowest BCUT2D eigenvalue weighted by molar-refractivity contribution is 0.586. The van der Waals surface area contributed by atoms with Crippen molar-refractivity contribution < 1.29 is 4.39 Å². The lowest BCUT2D eigenvalue weighted by atomic mass is 10.2. The van der Waals surface area contributed by atoms with Gasteiger partial charge in [-0.05, 0) is 30.0 Å². The SMILES string of the molecule is CC(N)Cc1c(F)c2c(NCc3cccs3)nc(Cl)nc2n1C.Cl. The molecule has 5 nitrogen and oxygen atoms in total. The molecule has 3 aromatic heterocycles. The lowest BCUT2D eigenvalue weighted by Gasteiger charge is -2.06. The first-order chi connectivity index (χ1) is 11.0. The van der Waals surface area contributed by atoms with Gasteiger partial charge in [0, 0.05) is 24.4 Å². The van der Waals surface area contributed by atoms with Gasteiger partial charge in [-0.3, -0.25) is 0 Å². The maximum absolute atomic E-state index is 14.9. The fraction of sp³-hybridized carbons (Fsp3) is 0.333. The van der Waals surface area contributed by atoms with Crippen molar-refractivity contribution >= 4 is 52.2 Å². The molecule has 0 saturated heterocycles. The van der Waals surface area contributed by atoms with Crippen LogP contribution in [0.4, 0.5) is 10.2 Å². The third kappa shape index (κ3) is 3.64. The number of rotatable bonds is 5. The average Bonchev–Trinajstić information content (AvgIpc) is 3.08. The predicted molar refractivity (Wildman–Crippen MR) is 99.7 cm³/mol. The van der Waals surface area contributed by atoms with Crippen molar-refractivity contribution in [3.63, 3.8) is 0 Å². The number of anilines is 1. The highest BCUT2D eigenvalue weighted by molar-refractivity contribution is 7.09. The Morgan fingerprint density at radius 1 is 1.46 bits per heavy atom. The van der Waals surface area contributed by atoms with Gasteiger partial charge in [-0.1, -0.05) is 6.07 Å². The summed E-state index contributed by atoms with van der Waals surface area (Å²) in [7, 11) is 1.76. The summed E-state index contributed by atoms with van der Waals surface area (Å²) in [6.45, 7) is 2.39. The van der Waals surface area contributed by atoms with Gasteiger partial charge < -0.3 is 15.6 Å². The number of aryl methyl sites for hydroxylation is 1. The second-order valence-corrected chi connectivity index (χ2v) is 6.84. The first-order valence-electron chi connectivity index (χ1n) is 7.19. The van der Waals surface area contributed by atoms with Gasteiger partial charge in [0.05, 0.1) is 17.6 Å². The summed E-state index contributed by atoms with van der Waals surface area (Å²) in [5, 5.41) is 5.58. The fourth-order valence-electron chi connectivity index (χ4n) is 2.53. The number of hydrogen-bond donors (Lipinski definition) is 2. The van der Waals surface area contributed by atoms with Crippen LogP contribution in [0.5, 0.6) is 0 Å². The molecule has 0 amide bonds. The van der Waals surface area contributed by atoms with Crippen LogP contribution in [0.1, 0.15) is 17.5 Å². The minimum atomic E-state index is -0.342. The van der Waals surface area contributed by atoms with Crippen molar-refractivity contribution in [2.24, 2.45) is 12.8 Å². The maximum Gasteiger partial charge on any atom is 0.226 e. The molecule has 1 atom stereocenters. The molecular formula is C15H18Cl2FN5S. The van der Waals surface area contributed by atoms with Crippen LogP contribution in [0, 0.1) is 5.82 Å². The Hall–Kier alpha value is -1.41. The second-order valence-electron chi connectivity index (χ2n) is 5.47. The van der Waals surface area contributed by atoms with Gasteiger partial charge in [0.2, 0.25) is 5.28 Å². The standard InChI is InChI=1S/C15H17ClFN5S.ClH/c1-8(18)6-10-12(17)11-13(19-7-9-4-3-5-23-9)20-15(16)21-14(11)22(10)2;/h3-5,8H,6-7,18H2,1-2H3,(H,19,20,21);1H. The van der Waals surface area contributed by atoms with Gasteiger partial charge in [-0.2, -0.15) is 9.97 Å². The Labute approximate surface area is 154 Å². The molecule has 0 aliphatic carbocycles. The van der Waals surface area contributed by atoms with E-state index in [1.165, 1.54) is 0 Å². The zero-order valence-electron chi connectivity index (χ0n) is 13.2. The monoisotopic (exact) mass is 389 g/mol. The topological polar surface area (TPSA) is 68.8 Å². The number of aromatic nitrogens is 3. The van der Waals surface area contributed by atoms with Crippen LogP contribution in [-0.2, 0) is 20.0 Å². The predicted octanol–water partition coefficient (Wildman–Crippen LogP) is 3.75. The molecule has 0 aliphatic heterocycles. The Morgan fingerprint density at radius 2 is 2.21 bits per heavy atom. The van der Waals surface area contributed by atoms with E-state index in [0.717, 1.165) is 4.88 Å². The van der Waals surface area contributed by atoms with Gasteiger partial charge in [-0.15, -0.1) is 23.7 Å². The summed E-state index contributed by atoms with van der Waals surface area (Å²) in [4.78, 5) is 9.45. The van der Waals surface area contributed by atoms with Crippen LogP contribution >= 0.6 is 35.3 Å². The Balaban J connectivity index is 0.00000208. The number of hydrogen-bond acceptors (Lipinski definition) is 5. The summed E-state index contributed by atoms with van der Waals surface area (Å²) in [6, 6.07) is 3.81. The molecule has 0 spiro atoms. The van der Waals surface area contributed by atoms with Gasteiger partial charge in [0.15, 0.2) is 5.82 Å². The first-order valence-corrected chi connectivity index (χ1v) is 8.45. The van der Waals surface area contributed by atoms with E-state index in [0.29, 0.717) is 35.5 Å². The molecule has 3 heterocycles. The third-order valence-corrected chi connectivity index (χ3v) is 4.63. The highest BCUT2D eigenvalue weighted by Crippen LogP contribution is 2.30. The van der Waals surface area contributed by atoms with Gasteiger partial charge in [-0.25, -0.2) is 4.39 Å². The van der Waals surface area contributed by atoms with Crippen LogP contribution in [0.2, 0.25) is 5.28 Å². The van der Waals surface area contributed by atoms with Gasteiger partial charge in [0.25, 0.3) is 0 Å². The molecule has 24 heavy (non-hydrogen) atoms. The normalized spacial score (nSPS) is 12.2. The van der Waals surface area contributed by atoms with Crippen molar-refractivity contribution in [1.29, 1.82) is 0 Å². The summed E-state index contributed by atoms with van der Waals surface area (Å²) in [5.41, 5.74) is 6.79. The number of fused-ring (bicyclic) bond motifs is 1. The zero-order chi connectivity index (χ0) is 16.6. The van der Waals surface area contributed by atoms with E-state index in [-0.39, 0.29) is 29.5 Å². The molecule has 0 bridgehead atoms. The largest absolute Gasteiger partial charge is 0.364 e. The van der Waals surface area contributed by atoms with E-state index < -0.39 is 0 Å². The van der Waals surface area contributed by atoms with Gasteiger partial charge in [0.1, 0.15) is 11.5 Å². The minimum Gasteiger partial charge on any atom is -0.364 e. The molecule has 0 fully saturated rings. The number of nitrogens with zero attached hydrogens (tertiary/aromatic N) is 3. The van der Waals surface area contributed by atoms with Crippen LogP contribution in [0.3, 0.4) is 0 Å². The molecule has 9 heteroatoms. The van der Waals surface area contributed by atoms with E-state index in [1.807, 2.05) is 24.4 Å². The molecular weight excluding hydrogens is 372 g/mol. The van der Waals surface area contributed by atoms with Crippen LogP contribution in [0.15, 0.2) is 17.5 Å². The molecule has 130 valence electrons. The number of nitrogens with two attached hydrogens (primary N) is 1. The third-order valence-electron chi connectivity index (χ3n) is 3.58. The van der Waals surface area contributed by atoms with E-state index in [4.69, 9.17) is 17.3 Å². The number of halogens is 3. The quantitative estimate of drug-likeness (QED) is 0.652. The smallest absolute Gasteiger partial charge is 0.226 e. The summed E-state index contributed by atoms with van der Waals surface area (Å²) in [6.07, 6.45) is 0.417. The zero-order valence-corrected chi connectivity index (χ0v) is 15.6. The molecule has 3 aromatic rings. The Morgan fingerprint density at radius 3 is 2.83 bits per heavy atom. The van der Waals surface area contributed by atoms with Crippen LogP contribution < -0.4 is 11.1 Å². The molecule has 0 aliphatic rings. The molecule has 0 aromatic carbocycles. The summed E-state index contributed by atoms with van der Waals surface area (Å²) in [5.74, 6) is 0.0579. The maximum atomic E-state index is 14.9. The number of nitrogens with one attached hydrogen (secondary N) is 1. The van der Waals surface area contributed by atoms with Crippen molar-refractivity contribution in [3.8, 4) is 0 Å². The highest BCUT2D eigenvalue weighted by Gasteiger charge is 2.22. The van der Waals surface area contributed by atoms with E-state index in [1.54, 1.807) is 23.0 Å². The average molecular weight is 390 g/mol. The lowest BCUT2D eigenvalue weighted by Crippen LogP contribution is -2.20. The highest BCUT2D eigenvalue weighted by atomic mass is 35.5. The molecule has 0 saturated carbocycles. The second kappa shape index (κ2) is 7.65. The van der Waals surface area contributed by atoms with Crippen molar-refractivity contribution in [1.82, 2.24) is 14.5 Å². The van der Waals surface area contributed by atoms with Crippen molar-refractivity contribution in [2.75, 3.05) is 5.32 Å². The molecule has 3 rings (SSSR count). The van der Waals surface area contributed by atoms with Crippen LogP contribution in [0.25, 0.3) is 11.0 Å². The molecule has 1 unspecified atom stereocenters. The first kappa shape index (κ1) is 18.9. The van der Waals surface area contributed by atoms with E-state index in [2.05, 4.69) is 15.3 Å². The Kier molecular flexibility index (Phi) is 6.03. The van der Waals surface area contributed by atoms with Crippen molar-refractivity contribution in [2.45, 2.75) is 25.9 Å². The fourth-order valence-corrected chi connectivity index (χ4v) is 3.34. The molecule has 3 N–H and O–H groups in total. The molecule has 0 radical (unpaired) electrons. The summed E-state index contributed by atoms with van der Waals surface area (Å²) >= 11 is 7.62. The summed E-state index contributed by atoms with van der Waals surface area (Å²) < 4.78 is 16.6. The van der Waals surface area contributed by atoms with Crippen molar-refractivity contribution in [3.05, 3.63) is 39.2 Å². The van der Waals surface area contributed by atoms with Gasteiger partial charge >= 0.3 is 0 Å². The van der Waals surface area contributed by atoms with E-state index >= 15 is 0 Å². The minimum absolute atomic E-state index is 0. The van der Waals surface area contributed by atoms with E-state index in [9.17, 15) is 4.39 Å². The number of thiophene rings is 1. The Bertz CT molecular complexity index is 832. The van der Waals surface area contributed by atoms with Crippen LogP contribution in [-0.4, -0.2) is 20.6 Å².